The highest BCUT2D eigenvalue weighted by Crippen LogP contribution is 2.19. The Hall–Kier alpha value is -2.88. The van der Waals surface area contributed by atoms with Crippen molar-refractivity contribution in [2.45, 2.75) is 26.4 Å². The van der Waals surface area contributed by atoms with E-state index in [1.54, 1.807) is 18.3 Å². The van der Waals surface area contributed by atoms with Gasteiger partial charge in [-0.3, -0.25) is 4.68 Å². The lowest BCUT2D eigenvalue weighted by atomic mass is 10.1. The number of H-pyrrole nitrogens is 1. The van der Waals surface area contributed by atoms with Crippen molar-refractivity contribution in [2.24, 2.45) is 4.99 Å². The first-order valence-electron chi connectivity index (χ1n) is 10.5. The van der Waals surface area contributed by atoms with Gasteiger partial charge >= 0.3 is 0 Å². The van der Waals surface area contributed by atoms with Gasteiger partial charge in [0.1, 0.15) is 5.82 Å². The van der Waals surface area contributed by atoms with E-state index in [9.17, 15) is 4.39 Å². The fraction of sp³-hybridized carbons (Fsp3) is 0.250. The van der Waals surface area contributed by atoms with Gasteiger partial charge < -0.3 is 15.6 Å². The van der Waals surface area contributed by atoms with Crippen LogP contribution in [-0.4, -0.2) is 33.8 Å². The third-order valence-corrected chi connectivity index (χ3v) is 5.18. The first-order chi connectivity index (χ1) is 15.2. The van der Waals surface area contributed by atoms with Gasteiger partial charge in [-0.25, -0.2) is 9.38 Å². The largest absolute Gasteiger partial charge is 0.361 e. The summed E-state index contributed by atoms with van der Waals surface area (Å²) in [5.74, 6) is 0.549. The molecule has 168 valence electrons. The minimum Gasteiger partial charge on any atom is -0.361 e. The zero-order valence-electron chi connectivity index (χ0n) is 18.0. The SMILES string of the molecule is CCNC(=NCc1ccccc1Cn1cccn1)NCCc1c[nH]c2ccc(F)cc12.I. The number of aromatic amines is 1. The summed E-state index contributed by atoms with van der Waals surface area (Å²) in [6.07, 6.45) is 6.46. The number of halogens is 2. The zero-order valence-corrected chi connectivity index (χ0v) is 20.3. The van der Waals surface area contributed by atoms with Crippen molar-refractivity contribution in [1.29, 1.82) is 0 Å². The van der Waals surface area contributed by atoms with Crippen molar-refractivity contribution in [3.63, 3.8) is 0 Å². The van der Waals surface area contributed by atoms with Crippen LogP contribution in [0.3, 0.4) is 0 Å². The molecule has 6 nitrogen and oxygen atoms in total. The number of benzene rings is 2. The monoisotopic (exact) mass is 546 g/mol. The van der Waals surface area contributed by atoms with Crippen molar-refractivity contribution in [3.05, 3.63) is 89.6 Å². The van der Waals surface area contributed by atoms with E-state index in [0.717, 1.165) is 41.9 Å². The van der Waals surface area contributed by atoms with Crippen LogP contribution in [0.25, 0.3) is 10.9 Å². The Morgan fingerprint density at radius 3 is 2.72 bits per heavy atom. The minimum absolute atomic E-state index is 0. The first-order valence-corrected chi connectivity index (χ1v) is 10.5. The van der Waals surface area contributed by atoms with Crippen LogP contribution in [0.1, 0.15) is 23.6 Å². The van der Waals surface area contributed by atoms with Gasteiger partial charge in [-0.15, -0.1) is 24.0 Å². The number of nitrogens with one attached hydrogen (secondary N) is 3. The van der Waals surface area contributed by atoms with E-state index in [4.69, 9.17) is 4.99 Å². The molecule has 8 heteroatoms. The average molecular weight is 546 g/mol. The van der Waals surface area contributed by atoms with E-state index in [1.165, 1.54) is 17.2 Å². The molecule has 0 bridgehead atoms. The van der Waals surface area contributed by atoms with Crippen LogP contribution in [0.5, 0.6) is 0 Å². The Kier molecular flexibility index (Phi) is 8.66. The first kappa shape index (κ1) is 23.8. The molecule has 0 saturated carbocycles. The highest BCUT2D eigenvalue weighted by Gasteiger charge is 2.07. The molecule has 0 aliphatic heterocycles. The maximum atomic E-state index is 13.6. The van der Waals surface area contributed by atoms with Gasteiger partial charge in [0.15, 0.2) is 5.96 Å². The van der Waals surface area contributed by atoms with Crippen LogP contribution in [0.4, 0.5) is 4.39 Å². The summed E-state index contributed by atoms with van der Waals surface area (Å²) in [5.41, 5.74) is 4.40. The summed E-state index contributed by atoms with van der Waals surface area (Å²) in [6, 6.07) is 15.0. The van der Waals surface area contributed by atoms with Crippen molar-refractivity contribution in [3.8, 4) is 0 Å². The third-order valence-electron chi connectivity index (χ3n) is 5.18. The number of nitrogens with zero attached hydrogens (tertiary/aromatic N) is 3. The number of aliphatic imine (C=N–C) groups is 1. The molecule has 0 fully saturated rings. The van der Waals surface area contributed by atoms with E-state index in [2.05, 4.69) is 32.8 Å². The fourth-order valence-electron chi connectivity index (χ4n) is 3.61. The van der Waals surface area contributed by atoms with E-state index in [0.29, 0.717) is 13.1 Å². The summed E-state index contributed by atoms with van der Waals surface area (Å²) in [4.78, 5) is 7.97. The van der Waals surface area contributed by atoms with Gasteiger partial charge in [-0.1, -0.05) is 24.3 Å². The van der Waals surface area contributed by atoms with Crippen molar-refractivity contribution >= 4 is 40.8 Å². The summed E-state index contributed by atoms with van der Waals surface area (Å²) in [6.45, 7) is 4.82. The highest BCUT2D eigenvalue weighted by atomic mass is 127. The van der Waals surface area contributed by atoms with Gasteiger partial charge in [0.05, 0.1) is 13.1 Å². The van der Waals surface area contributed by atoms with Crippen molar-refractivity contribution in [1.82, 2.24) is 25.4 Å². The number of fused-ring (bicyclic) bond motifs is 1. The lowest BCUT2D eigenvalue weighted by Crippen LogP contribution is -2.38. The van der Waals surface area contributed by atoms with Gasteiger partial charge in [0.2, 0.25) is 0 Å². The highest BCUT2D eigenvalue weighted by molar-refractivity contribution is 14.0. The third kappa shape index (κ3) is 6.09. The van der Waals surface area contributed by atoms with E-state index in [1.807, 2.05) is 42.2 Å². The minimum atomic E-state index is -0.218. The molecule has 0 radical (unpaired) electrons. The van der Waals surface area contributed by atoms with Crippen LogP contribution in [0, 0.1) is 5.82 Å². The zero-order chi connectivity index (χ0) is 21.5. The molecule has 4 aromatic rings. The molecule has 3 N–H and O–H groups in total. The van der Waals surface area contributed by atoms with Gasteiger partial charge in [-0.05, 0) is 54.3 Å². The van der Waals surface area contributed by atoms with Crippen LogP contribution >= 0.6 is 24.0 Å². The summed E-state index contributed by atoms with van der Waals surface area (Å²) in [5, 5.41) is 11.9. The fourth-order valence-corrected chi connectivity index (χ4v) is 3.61. The molecule has 0 spiro atoms. The Balaban J connectivity index is 0.00000289. The number of guanidine groups is 1. The molecule has 2 aromatic heterocycles. The Morgan fingerprint density at radius 2 is 1.94 bits per heavy atom. The van der Waals surface area contributed by atoms with Crippen LogP contribution < -0.4 is 10.6 Å². The molecule has 0 aliphatic rings. The molecule has 32 heavy (non-hydrogen) atoms. The van der Waals surface area contributed by atoms with Gasteiger partial charge in [0, 0.05) is 42.6 Å². The molecule has 4 rings (SSSR count). The molecular weight excluding hydrogens is 518 g/mol. The van der Waals surface area contributed by atoms with Crippen molar-refractivity contribution < 1.29 is 4.39 Å². The van der Waals surface area contributed by atoms with E-state index in [-0.39, 0.29) is 29.8 Å². The average Bonchev–Trinajstić information content (AvgIpc) is 3.43. The molecule has 2 aromatic carbocycles. The lowest BCUT2D eigenvalue weighted by Gasteiger charge is -2.12. The quantitative estimate of drug-likeness (QED) is 0.174. The van der Waals surface area contributed by atoms with Crippen molar-refractivity contribution in [2.75, 3.05) is 13.1 Å². The second kappa shape index (κ2) is 11.7. The van der Waals surface area contributed by atoms with Crippen LogP contribution in [0.2, 0.25) is 0 Å². The molecule has 0 aliphatic carbocycles. The Bertz CT molecular complexity index is 1150. The molecule has 2 heterocycles. The Morgan fingerprint density at radius 1 is 1.09 bits per heavy atom. The van der Waals surface area contributed by atoms with Crippen LogP contribution in [0.15, 0.2) is 72.1 Å². The standard InChI is InChI=1S/C24H27FN6.HI/c1-2-26-24(27-12-10-19-16-28-23-9-8-21(25)14-22(19)23)29-15-18-6-3-4-7-20(18)17-31-13-5-11-30-31;/h3-9,11,13-14,16,28H,2,10,12,15,17H2,1H3,(H2,26,27,29);1H. The smallest absolute Gasteiger partial charge is 0.191 e. The number of hydrogen-bond donors (Lipinski definition) is 3. The van der Waals surface area contributed by atoms with Gasteiger partial charge in [0.25, 0.3) is 0 Å². The Labute approximate surface area is 204 Å². The molecular formula is C24H28FIN6. The van der Waals surface area contributed by atoms with Gasteiger partial charge in [-0.2, -0.15) is 5.10 Å². The molecule has 0 unspecified atom stereocenters. The maximum absolute atomic E-state index is 13.6. The summed E-state index contributed by atoms with van der Waals surface area (Å²) < 4.78 is 15.5. The number of aromatic nitrogens is 3. The topological polar surface area (TPSA) is 70.0 Å². The maximum Gasteiger partial charge on any atom is 0.191 e. The normalized spacial score (nSPS) is 11.4. The second-order valence-electron chi connectivity index (χ2n) is 7.35. The lowest BCUT2D eigenvalue weighted by molar-refractivity contribution is 0.629. The molecule has 0 amide bonds. The second-order valence-corrected chi connectivity index (χ2v) is 7.35. The predicted octanol–water partition coefficient (Wildman–Crippen LogP) is 4.47. The summed E-state index contributed by atoms with van der Waals surface area (Å²) >= 11 is 0. The molecule has 0 atom stereocenters. The van der Waals surface area contributed by atoms with Crippen LogP contribution in [-0.2, 0) is 19.5 Å². The van der Waals surface area contributed by atoms with E-state index < -0.39 is 0 Å². The van der Waals surface area contributed by atoms with E-state index >= 15 is 0 Å². The number of hydrogen-bond acceptors (Lipinski definition) is 2. The molecule has 0 saturated heterocycles. The predicted molar refractivity (Wildman–Crippen MR) is 138 cm³/mol. The number of rotatable bonds is 8. The summed E-state index contributed by atoms with van der Waals surface area (Å²) in [7, 11) is 0.